The fourth-order valence-corrected chi connectivity index (χ4v) is 2.74. The fourth-order valence-electron chi connectivity index (χ4n) is 2.74. The second-order valence-corrected chi connectivity index (χ2v) is 7.63. The van der Waals surface area contributed by atoms with Crippen molar-refractivity contribution in [3.8, 4) is 5.75 Å². The van der Waals surface area contributed by atoms with Gasteiger partial charge in [0.1, 0.15) is 5.75 Å². The summed E-state index contributed by atoms with van der Waals surface area (Å²) in [5.41, 5.74) is 8.08. The molecule has 0 spiro atoms. The number of ether oxygens (including phenoxy) is 1. The van der Waals surface area contributed by atoms with E-state index in [1.807, 2.05) is 32.0 Å². The highest BCUT2D eigenvalue weighted by Crippen LogP contribution is 2.35. The molecule has 1 aromatic rings. The molecule has 0 aliphatic rings. The predicted molar refractivity (Wildman–Crippen MR) is 88.4 cm³/mol. The van der Waals surface area contributed by atoms with Crippen molar-refractivity contribution in [3.63, 3.8) is 0 Å². The fraction of sp³-hybridized carbons (Fsp3) is 0.647. The second kappa shape index (κ2) is 5.94. The molecule has 0 radical (unpaired) electrons. The first-order valence-electron chi connectivity index (χ1n) is 7.33. The third-order valence-electron chi connectivity index (χ3n) is 2.87. The van der Waals surface area contributed by atoms with Crippen LogP contribution in [0.2, 0.25) is 0 Å². The standard InChI is InChI=1S/C17H30N2O/c1-12(2)20-14-10-8-9-13(15(14)18)19-17(6,7)11-16(3,4)5/h8-10,12,19H,11,18H2,1-7H3. The summed E-state index contributed by atoms with van der Waals surface area (Å²) in [5.74, 6) is 0.747. The summed E-state index contributed by atoms with van der Waals surface area (Å²) in [6, 6.07) is 5.90. The van der Waals surface area contributed by atoms with Gasteiger partial charge < -0.3 is 15.8 Å². The third-order valence-corrected chi connectivity index (χ3v) is 2.87. The van der Waals surface area contributed by atoms with E-state index < -0.39 is 0 Å². The summed E-state index contributed by atoms with van der Waals surface area (Å²) in [7, 11) is 0. The summed E-state index contributed by atoms with van der Waals surface area (Å²) < 4.78 is 5.74. The van der Waals surface area contributed by atoms with E-state index in [1.54, 1.807) is 0 Å². The highest BCUT2D eigenvalue weighted by Gasteiger charge is 2.26. The maximum absolute atomic E-state index is 6.22. The molecular formula is C17H30N2O. The Morgan fingerprint density at radius 3 is 2.25 bits per heavy atom. The molecule has 0 aliphatic heterocycles. The van der Waals surface area contributed by atoms with Crippen molar-refractivity contribution in [2.45, 2.75) is 66.5 Å². The molecule has 1 rings (SSSR count). The summed E-state index contributed by atoms with van der Waals surface area (Å²) in [4.78, 5) is 0. The summed E-state index contributed by atoms with van der Waals surface area (Å²) in [6.45, 7) is 15.2. The van der Waals surface area contributed by atoms with E-state index in [0.717, 1.165) is 17.9 Å². The zero-order valence-corrected chi connectivity index (χ0v) is 14.0. The smallest absolute Gasteiger partial charge is 0.144 e. The highest BCUT2D eigenvalue weighted by molar-refractivity contribution is 5.73. The molecule has 0 saturated heterocycles. The molecule has 0 atom stereocenters. The number of hydrogen-bond acceptors (Lipinski definition) is 3. The average Bonchev–Trinajstić information content (AvgIpc) is 2.19. The number of anilines is 2. The molecule has 0 saturated carbocycles. The zero-order chi connectivity index (χ0) is 15.6. The topological polar surface area (TPSA) is 47.3 Å². The summed E-state index contributed by atoms with van der Waals surface area (Å²) >= 11 is 0. The van der Waals surface area contributed by atoms with Crippen LogP contribution < -0.4 is 15.8 Å². The van der Waals surface area contributed by atoms with Gasteiger partial charge in [-0.25, -0.2) is 0 Å². The molecule has 114 valence electrons. The van der Waals surface area contributed by atoms with Gasteiger partial charge in [-0.15, -0.1) is 0 Å². The van der Waals surface area contributed by atoms with Crippen molar-refractivity contribution in [2.75, 3.05) is 11.1 Å². The molecule has 3 nitrogen and oxygen atoms in total. The van der Waals surface area contributed by atoms with Crippen LogP contribution in [-0.4, -0.2) is 11.6 Å². The van der Waals surface area contributed by atoms with E-state index in [0.29, 0.717) is 5.69 Å². The minimum Gasteiger partial charge on any atom is -0.489 e. The first kappa shape index (κ1) is 16.7. The van der Waals surface area contributed by atoms with Gasteiger partial charge in [-0.3, -0.25) is 0 Å². The maximum atomic E-state index is 6.22. The van der Waals surface area contributed by atoms with E-state index in [-0.39, 0.29) is 17.1 Å². The van der Waals surface area contributed by atoms with E-state index in [2.05, 4.69) is 39.9 Å². The number of nitrogens with two attached hydrogens (primary N) is 1. The third kappa shape index (κ3) is 5.32. The number of benzene rings is 1. The van der Waals surface area contributed by atoms with Gasteiger partial charge in [0, 0.05) is 5.54 Å². The number of rotatable bonds is 5. The molecule has 3 N–H and O–H groups in total. The Kier molecular flexibility index (Phi) is 4.95. The maximum Gasteiger partial charge on any atom is 0.144 e. The van der Waals surface area contributed by atoms with Gasteiger partial charge in [-0.05, 0) is 51.7 Å². The van der Waals surface area contributed by atoms with Gasteiger partial charge in [-0.1, -0.05) is 26.8 Å². The van der Waals surface area contributed by atoms with Gasteiger partial charge in [0.25, 0.3) is 0 Å². The molecule has 1 aromatic carbocycles. The largest absolute Gasteiger partial charge is 0.489 e. The normalized spacial score (nSPS) is 12.6. The molecule has 20 heavy (non-hydrogen) atoms. The second-order valence-electron chi connectivity index (χ2n) is 7.63. The Hall–Kier alpha value is -1.38. The van der Waals surface area contributed by atoms with Crippen LogP contribution in [0.15, 0.2) is 18.2 Å². The van der Waals surface area contributed by atoms with Crippen molar-refractivity contribution >= 4 is 11.4 Å². The number of hydrogen-bond donors (Lipinski definition) is 2. The van der Waals surface area contributed by atoms with E-state index >= 15 is 0 Å². The van der Waals surface area contributed by atoms with E-state index in [9.17, 15) is 0 Å². The number of nitrogen functional groups attached to an aromatic ring is 1. The zero-order valence-electron chi connectivity index (χ0n) is 14.0. The van der Waals surface area contributed by atoms with E-state index in [1.165, 1.54) is 0 Å². The quantitative estimate of drug-likeness (QED) is 0.769. The Morgan fingerprint density at radius 1 is 1.15 bits per heavy atom. The van der Waals surface area contributed by atoms with Crippen LogP contribution in [0, 0.1) is 5.41 Å². The average molecular weight is 278 g/mol. The molecule has 3 heteroatoms. The molecule has 0 fully saturated rings. The van der Waals surface area contributed by atoms with Crippen molar-refractivity contribution in [2.24, 2.45) is 5.41 Å². The lowest BCUT2D eigenvalue weighted by Gasteiger charge is -2.34. The molecule has 0 amide bonds. The number of para-hydroxylation sites is 1. The van der Waals surface area contributed by atoms with E-state index in [4.69, 9.17) is 10.5 Å². The van der Waals surface area contributed by atoms with Crippen molar-refractivity contribution in [1.82, 2.24) is 0 Å². The lowest BCUT2D eigenvalue weighted by molar-refractivity contribution is 0.244. The highest BCUT2D eigenvalue weighted by atomic mass is 16.5. The van der Waals surface area contributed by atoms with Crippen LogP contribution in [0.3, 0.4) is 0 Å². The minimum atomic E-state index is -0.0250. The van der Waals surface area contributed by atoms with Gasteiger partial charge in [0.15, 0.2) is 0 Å². The van der Waals surface area contributed by atoms with Gasteiger partial charge in [-0.2, -0.15) is 0 Å². The van der Waals surface area contributed by atoms with Crippen LogP contribution in [0.1, 0.15) is 54.9 Å². The van der Waals surface area contributed by atoms with Crippen LogP contribution in [-0.2, 0) is 0 Å². The number of nitrogens with one attached hydrogen (secondary N) is 1. The van der Waals surface area contributed by atoms with Crippen LogP contribution >= 0.6 is 0 Å². The Balaban J connectivity index is 2.92. The van der Waals surface area contributed by atoms with Gasteiger partial charge >= 0.3 is 0 Å². The van der Waals surface area contributed by atoms with Crippen molar-refractivity contribution < 1.29 is 4.74 Å². The molecule has 0 bridgehead atoms. The summed E-state index contributed by atoms with van der Waals surface area (Å²) in [6.07, 6.45) is 1.17. The Bertz CT molecular complexity index is 445. The Labute approximate surface area is 123 Å². The molecule has 0 heterocycles. The molecule has 0 aliphatic carbocycles. The molecular weight excluding hydrogens is 248 g/mol. The van der Waals surface area contributed by atoms with Crippen molar-refractivity contribution in [1.29, 1.82) is 0 Å². The van der Waals surface area contributed by atoms with Crippen LogP contribution in [0.25, 0.3) is 0 Å². The molecule has 0 aromatic heterocycles. The van der Waals surface area contributed by atoms with Gasteiger partial charge in [0.05, 0.1) is 17.5 Å². The summed E-state index contributed by atoms with van der Waals surface area (Å²) in [5, 5.41) is 3.55. The lowest BCUT2D eigenvalue weighted by Crippen LogP contribution is -2.35. The van der Waals surface area contributed by atoms with Crippen LogP contribution in [0.4, 0.5) is 11.4 Å². The van der Waals surface area contributed by atoms with Gasteiger partial charge in [0.2, 0.25) is 0 Å². The first-order valence-corrected chi connectivity index (χ1v) is 7.33. The first-order chi connectivity index (χ1) is 9.00. The molecule has 0 unspecified atom stereocenters. The van der Waals surface area contributed by atoms with Crippen molar-refractivity contribution in [3.05, 3.63) is 18.2 Å². The Morgan fingerprint density at radius 2 is 1.75 bits per heavy atom. The monoisotopic (exact) mass is 278 g/mol. The SMILES string of the molecule is CC(C)Oc1cccc(NC(C)(C)CC(C)(C)C)c1N. The predicted octanol–water partition coefficient (Wildman–Crippen LogP) is 4.68. The van der Waals surface area contributed by atoms with Crippen LogP contribution in [0.5, 0.6) is 5.75 Å². The lowest BCUT2D eigenvalue weighted by atomic mass is 9.81. The minimum absolute atomic E-state index is 0.0250.